The third-order valence-corrected chi connectivity index (χ3v) is 5.71. The van der Waals surface area contributed by atoms with Gasteiger partial charge < -0.3 is 10.1 Å². The van der Waals surface area contributed by atoms with E-state index in [2.05, 4.69) is 10.0 Å². The Morgan fingerprint density at radius 1 is 1.16 bits per heavy atom. The highest BCUT2D eigenvalue weighted by Crippen LogP contribution is 2.19. The van der Waals surface area contributed by atoms with E-state index in [-0.39, 0.29) is 4.90 Å². The van der Waals surface area contributed by atoms with Crippen LogP contribution < -0.4 is 14.8 Å². The van der Waals surface area contributed by atoms with Crippen molar-refractivity contribution in [2.24, 2.45) is 0 Å². The van der Waals surface area contributed by atoms with E-state index in [1.807, 2.05) is 24.5 Å². The molecule has 2 aromatic carbocycles. The summed E-state index contributed by atoms with van der Waals surface area (Å²) in [6, 6.07) is 12.4. The Labute approximate surface area is 152 Å². The molecular weight excluding hydrogens is 360 g/mol. The van der Waals surface area contributed by atoms with Gasteiger partial charge in [0.05, 0.1) is 18.0 Å². The minimum atomic E-state index is -3.81. The number of sulfonamides is 1. The zero-order chi connectivity index (χ0) is 18.4. The van der Waals surface area contributed by atoms with Crippen molar-refractivity contribution in [3.8, 4) is 5.75 Å². The molecule has 1 atom stereocenters. The molecule has 2 rings (SSSR count). The van der Waals surface area contributed by atoms with E-state index in [1.54, 1.807) is 30.0 Å². The second-order valence-corrected chi connectivity index (χ2v) is 7.83. The smallest absolute Gasteiger partial charge is 0.242 e. The number of hydrogen-bond donors (Lipinski definition) is 2. The van der Waals surface area contributed by atoms with Gasteiger partial charge in [0, 0.05) is 10.6 Å². The molecule has 25 heavy (non-hydrogen) atoms. The van der Waals surface area contributed by atoms with Gasteiger partial charge in [-0.2, -0.15) is 4.72 Å². The van der Waals surface area contributed by atoms with Crippen molar-refractivity contribution in [3.05, 3.63) is 48.5 Å². The highest BCUT2D eigenvalue weighted by molar-refractivity contribution is 7.98. The van der Waals surface area contributed by atoms with Gasteiger partial charge in [0.1, 0.15) is 5.75 Å². The van der Waals surface area contributed by atoms with Crippen LogP contribution in [0, 0.1) is 0 Å². The lowest BCUT2D eigenvalue weighted by atomic mass is 10.3. The molecule has 134 valence electrons. The minimum absolute atomic E-state index is 0.0670. The quantitative estimate of drug-likeness (QED) is 0.722. The average Bonchev–Trinajstić information content (AvgIpc) is 2.61. The van der Waals surface area contributed by atoms with E-state index in [1.165, 1.54) is 26.2 Å². The lowest BCUT2D eigenvalue weighted by Gasteiger charge is -2.15. The van der Waals surface area contributed by atoms with Crippen LogP contribution in [0.15, 0.2) is 58.3 Å². The van der Waals surface area contributed by atoms with E-state index < -0.39 is 22.0 Å². The molecule has 8 heteroatoms. The van der Waals surface area contributed by atoms with E-state index in [4.69, 9.17) is 4.74 Å². The standard InChI is InChI=1S/C17H20N2O4S2/c1-12(17(20)18-13-5-4-6-15(11-13)24-3)19-25(21,22)16-9-7-14(23-2)8-10-16/h4-12,19H,1-3H3,(H,18,20)/t12-/m1/s1. The summed E-state index contributed by atoms with van der Waals surface area (Å²) in [5.74, 6) is 0.119. The summed E-state index contributed by atoms with van der Waals surface area (Å²) >= 11 is 1.56. The monoisotopic (exact) mass is 380 g/mol. The zero-order valence-corrected chi connectivity index (χ0v) is 15.8. The first-order valence-electron chi connectivity index (χ1n) is 7.47. The van der Waals surface area contributed by atoms with Crippen molar-refractivity contribution >= 4 is 33.4 Å². The van der Waals surface area contributed by atoms with Gasteiger partial charge in [0.2, 0.25) is 15.9 Å². The van der Waals surface area contributed by atoms with Crippen LogP contribution in [0.1, 0.15) is 6.92 Å². The SMILES string of the molecule is COc1ccc(S(=O)(=O)N[C@H](C)C(=O)Nc2cccc(SC)c2)cc1. The summed E-state index contributed by atoms with van der Waals surface area (Å²) in [5, 5.41) is 2.71. The highest BCUT2D eigenvalue weighted by Gasteiger charge is 2.22. The van der Waals surface area contributed by atoms with Gasteiger partial charge in [-0.3, -0.25) is 4.79 Å². The van der Waals surface area contributed by atoms with Gasteiger partial charge >= 0.3 is 0 Å². The average molecular weight is 380 g/mol. The minimum Gasteiger partial charge on any atom is -0.497 e. The maximum absolute atomic E-state index is 12.4. The molecule has 1 amide bonds. The Morgan fingerprint density at radius 2 is 1.84 bits per heavy atom. The largest absolute Gasteiger partial charge is 0.497 e. The summed E-state index contributed by atoms with van der Waals surface area (Å²) in [5.41, 5.74) is 0.618. The first-order valence-corrected chi connectivity index (χ1v) is 10.2. The van der Waals surface area contributed by atoms with Crippen LogP contribution in [0.25, 0.3) is 0 Å². The molecule has 0 bridgehead atoms. The second-order valence-electron chi connectivity index (χ2n) is 5.24. The normalized spacial score (nSPS) is 12.4. The number of carbonyl (C=O) groups is 1. The molecule has 0 aliphatic rings. The highest BCUT2D eigenvalue weighted by atomic mass is 32.2. The fourth-order valence-corrected chi connectivity index (χ4v) is 3.72. The van der Waals surface area contributed by atoms with Gasteiger partial charge in [-0.1, -0.05) is 6.07 Å². The molecule has 6 nitrogen and oxygen atoms in total. The molecule has 0 heterocycles. The predicted octanol–water partition coefficient (Wildman–Crippen LogP) is 2.72. The molecule has 0 aromatic heterocycles. The third-order valence-electron chi connectivity index (χ3n) is 3.43. The molecule has 0 spiro atoms. The zero-order valence-electron chi connectivity index (χ0n) is 14.1. The van der Waals surface area contributed by atoms with Crippen LogP contribution in [0.2, 0.25) is 0 Å². The molecule has 2 aromatic rings. The second kappa shape index (κ2) is 8.37. The van der Waals surface area contributed by atoms with Crippen molar-refractivity contribution < 1.29 is 17.9 Å². The molecule has 0 aliphatic heterocycles. The Morgan fingerprint density at radius 3 is 2.44 bits per heavy atom. The molecule has 0 saturated heterocycles. The van der Waals surface area contributed by atoms with Crippen molar-refractivity contribution in [2.75, 3.05) is 18.7 Å². The van der Waals surface area contributed by atoms with Crippen molar-refractivity contribution in [2.45, 2.75) is 22.8 Å². The number of benzene rings is 2. The fourth-order valence-electron chi connectivity index (χ4n) is 2.06. The molecule has 0 aliphatic carbocycles. The number of anilines is 1. The van der Waals surface area contributed by atoms with Crippen LogP contribution in [0.4, 0.5) is 5.69 Å². The molecule has 2 N–H and O–H groups in total. The van der Waals surface area contributed by atoms with Gasteiger partial charge in [-0.05, 0) is 55.6 Å². The number of nitrogens with one attached hydrogen (secondary N) is 2. The van der Waals surface area contributed by atoms with Gasteiger partial charge in [-0.15, -0.1) is 11.8 Å². The number of rotatable bonds is 7. The molecule has 0 fully saturated rings. The van der Waals surface area contributed by atoms with E-state index >= 15 is 0 Å². The molecule has 0 saturated carbocycles. The van der Waals surface area contributed by atoms with E-state index in [9.17, 15) is 13.2 Å². The molecular formula is C17H20N2O4S2. The lowest BCUT2D eigenvalue weighted by molar-refractivity contribution is -0.117. The summed E-state index contributed by atoms with van der Waals surface area (Å²) in [6.07, 6.45) is 1.94. The number of thioether (sulfide) groups is 1. The topological polar surface area (TPSA) is 84.5 Å². The van der Waals surface area contributed by atoms with E-state index in [0.29, 0.717) is 11.4 Å². The van der Waals surface area contributed by atoms with E-state index in [0.717, 1.165) is 4.90 Å². The first-order chi connectivity index (χ1) is 11.9. The maximum atomic E-state index is 12.4. The number of amides is 1. The van der Waals surface area contributed by atoms with Crippen molar-refractivity contribution in [1.82, 2.24) is 4.72 Å². The van der Waals surface area contributed by atoms with Crippen LogP contribution >= 0.6 is 11.8 Å². The third kappa shape index (κ3) is 5.22. The van der Waals surface area contributed by atoms with Gasteiger partial charge in [-0.25, -0.2) is 8.42 Å². The Balaban J connectivity index is 2.05. The van der Waals surface area contributed by atoms with Crippen LogP contribution in [0.3, 0.4) is 0 Å². The van der Waals surface area contributed by atoms with Crippen molar-refractivity contribution in [1.29, 1.82) is 0 Å². The number of hydrogen-bond acceptors (Lipinski definition) is 5. The Bertz CT molecular complexity index is 836. The summed E-state index contributed by atoms with van der Waals surface area (Å²) < 4.78 is 32.1. The number of carbonyl (C=O) groups excluding carboxylic acids is 1. The van der Waals surface area contributed by atoms with Crippen LogP contribution in [0.5, 0.6) is 5.75 Å². The van der Waals surface area contributed by atoms with Gasteiger partial charge in [0.15, 0.2) is 0 Å². The lowest BCUT2D eigenvalue weighted by Crippen LogP contribution is -2.41. The first kappa shape index (κ1) is 19.3. The Hall–Kier alpha value is -2.03. The Kier molecular flexibility index (Phi) is 6.46. The summed E-state index contributed by atoms with van der Waals surface area (Å²) in [7, 11) is -2.30. The molecule has 0 radical (unpaired) electrons. The van der Waals surface area contributed by atoms with Gasteiger partial charge in [0.25, 0.3) is 0 Å². The maximum Gasteiger partial charge on any atom is 0.242 e. The summed E-state index contributed by atoms with van der Waals surface area (Å²) in [4.78, 5) is 13.3. The van der Waals surface area contributed by atoms with Crippen LogP contribution in [-0.4, -0.2) is 33.7 Å². The number of ether oxygens (including phenoxy) is 1. The fraction of sp³-hybridized carbons (Fsp3) is 0.235. The van der Waals surface area contributed by atoms with Crippen LogP contribution in [-0.2, 0) is 14.8 Å². The summed E-state index contributed by atoms with van der Waals surface area (Å²) in [6.45, 7) is 1.49. The molecule has 0 unspecified atom stereocenters. The van der Waals surface area contributed by atoms with Crippen molar-refractivity contribution in [3.63, 3.8) is 0 Å². The number of methoxy groups -OCH3 is 1. The predicted molar refractivity (Wildman–Crippen MR) is 99.6 cm³/mol.